The van der Waals surface area contributed by atoms with Crippen LogP contribution < -0.4 is 10.6 Å². The van der Waals surface area contributed by atoms with Gasteiger partial charge in [-0.25, -0.2) is 4.79 Å². The van der Waals surface area contributed by atoms with Gasteiger partial charge < -0.3 is 29.6 Å². The lowest BCUT2D eigenvalue weighted by Gasteiger charge is -2.45. The molecule has 3 heterocycles. The SMILES string of the molecule is CC(C)(C)OC(=O)NCC12CC(NC(=O)C3OCCO3)(CO1)C2. The summed E-state index contributed by atoms with van der Waals surface area (Å²) in [5, 5.41) is 5.69. The Bertz CT molecular complexity index is 489. The first-order chi connectivity index (χ1) is 10.7. The van der Waals surface area contributed by atoms with Crippen molar-refractivity contribution >= 4 is 12.0 Å². The lowest BCUT2D eigenvalue weighted by molar-refractivity contribution is -0.149. The van der Waals surface area contributed by atoms with Gasteiger partial charge in [0.2, 0.25) is 6.29 Å². The van der Waals surface area contributed by atoms with Crippen molar-refractivity contribution in [1.29, 1.82) is 0 Å². The number of alkyl carbamates (subject to hydrolysis) is 1. The molecule has 0 aromatic rings. The number of hydrogen-bond acceptors (Lipinski definition) is 6. The Kier molecular flexibility index (Phi) is 4.02. The maximum absolute atomic E-state index is 12.1. The monoisotopic (exact) mass is 328 g/mol. The molecule has 0 unspecified atom stereocenters. The predicted octanol–water partition coefficient (Wildman–Crippen LogP) is 0.302. The van der Waals surface area contributed by atoms with Crippen molar-refractivity contribution in [3.8, 4) is 0 Å². The van der Waals surface area contributed by atoms with E-state index in [4.69, 9.17) is 18.9 Å². The van der Waals surface area contributed by atoms with Crippen molar-refractivity contribution in [1.82, 2.24) is 10.6 Å². The third kappa shape index (κ3) is 3.59. The second-order valence-corrected chi connectivity index (χ2v) is 7.52. The molecule has 4 aliphatic rings. The van der Waals surface area contributed by atoms with Gasteiger partial charge in [0, 0.05) is 12.8 Å². The highest BCUT2D eigenvalue weighted by Crippen LogP contribution is 2.51. The van der Waals surface area contributed by atoms with Gasteiger partial charge in [-0.3, -0.25) is 4.79 Å². The minimum absolute atomic E-state index is 0.262. The fourth-order valence-corrected chi connectivity index (χ4v) is 3.35. The van der Waals surface area contributed by atoms with Gasteiger partial charge in [-0.05, 0) is 20.8 Å². The molecule has 4 rings (SSSR count). The van der Waals surface area contributed by atoms with Gasteiger partial charge >= 0.3 is 6.09 Å². The van der Waals surface area contributed by atoms with E-state index >= 15 is 0 Å². The molecule has 1 saturated carbocycles. The second-order valence-electron chi connectivity index (χ2n) is 7.52. The van der Waals surface area contributed by atoms with Crippen molar-refractivity contribution in [2.75, 3.05) is 26.4 Å². The first-order valence-corrected chi connectivity index (χ1v) is 7.87. The molecule has 0 aromatic heterocycles. The summed E-state index contributed by atoms with van der Waals surface area (Å²) in [6.07, 6.45) is 0.0409. The van der Waals surface area contributed by atoms with Crippen molar-refractivity contribution in [2.24, 2.45) is 0 Å². The summed E-state index contributed by atoms with van der Waals surface area (Å²) in [4.78, 5) is 23.8. The van der Waals surface area contributed by atoms with Gasteiger partial charge in [-0.1, -0.05) is 0 Å². The third-order valence-electron chi connectivity index (χ3n) is 4.15. The molecule has 2 amide bonds. The lowest BCUT2D eigenvalue weighted by atomic mass is 9.68. The lowest BCUT2D eigenvalue weighted by Crippen LogP contribution is -2.63. The van der Waals surface area contributed by atoms with Crippen LogP contribution in [0.25, 0.3) is 0 Å². The van der Waals surface area contributed by atoms with Crippen LogP contribution in [0.5, 0.6) is 0 Å². The first kappa shape index (κ1) is 16.5. The Labute approximate surface area is 135 Å². The van der Waals surface area contributed by atoms with Crippen molar-refractivity contribution < 1.29 is 28.5 Å². The summed E-state index contributed by atoms with van der Waals surface area (Å²) in [6.45, 7) is 7.12. The fourth-order valence-electron chi connectivity index (χ4n) is 3.35. The molecule has 130 valence electrons. The number of carbonyl (C=O) groups is 2. The Morgan fingerprint density at radius 2 is 1.87 bits per heavy atom. The van der Waals surface area contributed by atoms with E-state index in [9.17, 15) is 9.59 Å². The number of ether oxygens (including phenoxy) is 4. The van der Waals surface area contributed by atoms with E-state index in [0.29, 0.717) is 39.2 Å². The molecular weight excluding hydrogens is 304 g/mol. The molecule has 8 nitrogen and oxygen atoms in total. The van der Waals surface area contributed by atoms with E-state index in [1.165, 1.54) is 0 Å². The van der Waals surface area contributed by atoms with Crippen LogP contribution in [-0.4, -0.2) is 61.4 Å². The molecule has 23 heavy (non-hydrogen) atoms. The summed E-state index contributed by atoms with van der Waals surface area (Å²) in [7, 11) is 0. The zero-order valence-electron chi connectivity index (χ0n) is 13.8. The van der Waals surface area contributed by atoms with Crippen LogP contribution in [-0.2, 0) is 23.7 Å². The number of rotatable bonds is 4. The average molecular weight is 328 g/mol. The van der Waals surface area contributed by atoms with Crippen molar-refractivity contribution in [2.45, 2.75) is 56.6 Å². The molecular formula is C15H24N2O6. The third-order valence-corrected chi connectivity index (χ3v) is 4.15. The minimum atomic E-state index is -0.820. The van der Waals surface area contributed by atoms with E-state index in [-0.39, 0.29) is 11.4 Å². The summed E-state index contributed by atoms with van der Waals surface area (Å²) in [5.41, 5.74) is -1.32. The van der Waals surface area contributed by atoms with E-state index < -0.39 is 23.6 Å². The van der Waals surface area contributed by atoms with Gasteiger partial charge in [0.15, 0.2) is 0 Å². The summed E-state index contributed by atoms with van der Waals surface area (Å²) in [6, 6.07) is 0. The molecule has 8 heteroatoms. The Hall–Kier alpha value is -1.38. The van der Waals surface area contributed by atoms with E-state index in [0.717, 1.165) is 0 Å². The first-order valence-electron chi connectivity index (χ1n) is 7.87. The van der Waals surface area contributed by atoms with Crippen LogP contribution in [0.1, 0.15) is 33.6 Å². The molecule has 0 aromatic carbocycles. The zero-order valence-corrected chi connectivity index (χ0v) is 13.8. The minimum Gasteiger partial charge on any atom is -0.444 e. The zero-order chi connectivity index (χ0) is 16.7. The number of fused-ring (bicyclic) bond motifs is 1. The standard InChI is InChI=1S/C15H24N2O6/c1-13(2,3)23-12(19)16-8-15-6-14(7-15,9-22-15)17-10(18)11-20-4-5-21-11/h11H,4-9H2,1-3H3,(H,16,19)(H,17,18). The summed E-state index contributed by atoms with van der Waals surface area (Å²) in [5.74, 6) is -0.262. The van der Waals surface area contributed by atoms with Gasteiger partial charge in [-0.2, -0.15) is 0 Å². The number of nitrogens with one attached hydrogen (secondary N) is 2. The van der Waals surface area contributed by atoms with Gasteiger partial charge in [0.1, 0.15) is 5.60 Å². The smallest absolute Gasteiger partial charge is 0.407 e. The molecule has 2 N–H and O–H groups in total. The molecule has 2 bridgehead atoms. The quantitative estimate of drug-likeness (QED) is 0.771. The van der Waals surface area contributed by atoms with Crippen molar-refractivity contribution in [3.05, 3.63) is 0 Å². The maximum atomic E-state index is 12.1. The summed E-state index contributed by atoms with van der Waals surface area (Å²) < 4.78 is 21.4. The fraction of sp³-hybridized carbons (Fsp3) is 0.867. The van der Waals surface area contributed by atoms with Gasteiger partial charge in [0.25, 0.3) is 5.91 Å². The molecule has 1 aliphatic carbocycles. The topological polar surface area (TPSA) is 95.1 Å². The molecule has 0 radical (unpaired) electrons. The largest absolute Gasteiger partial charge is 0.444 e. The van der Waals surface area contributed by atoms with Gasteiger partial charge in [0.05, 0.1) is 37.5 Å². The van der Waals surface area contributed by atoms with Crippen LogP contribution in [0.15, 0.2) is 0 Å². The van der Waals surface area contributed by atoms with Crippen molar-refractivity contribution in [3.63, 3.8) is 0 Å². The van der Waals surface area contributed by atoms with Crippen LogP contribution in [0.3, 0.4) is 0 Å². The summed E-state index contributed by atoms with van der Waals surface area (Å²) >= 11 is 0. The van der Waals surface area contributed by atoms with Crippen LogP contribution in [0, 0.1) is 0 Å². The highest BCUT2D eigenvalue weighted by molar-refractivity contribution is 5.80. The van der Waals surface area contributed by atoms with Crippen LogP contribution in [0.2, 0.25) is 0 Å². The normalized spacial score (nSPS) is 33.2. The van der Waals surface area contributed by atoms with E-state index in [2.05, 4.69) is 10.6 Å². The average Bonchev–Trinajstić information content (AvgIpc) is 3.08. The Morgan fingerprint density at radius 1 is 1.22 bits per heavy atom. The van der Waals surface area contributed by atoms with Crippen LogP contribution >= 0.6 is 0 Å². The maximum Gasteiger partial charge on any atom is 0.407 e. The van der Waals surface area contributed by atoms with Gasteiger partial charge in [-0.15, -0.1) is 0 Å². The Morgan fingerprint density at radius 3 is 2.48 bits per heavy atom. The highest BCUT2D eigenvalue weighted by Gasteiger charge is 2.63. The van der Waals surface area contributed by atoms with Crippen LogP contribution in [0.4, 0.5) is 4.79 Å². The molecule has 3 aliphatic heterocycles. The number of hydrogen-bond donors (Lipinski definition) is 2. The number of carbonyl (C=O) groups excluding carboxylic acids is 2. The highest BCUT2D eigenvalue weighted by atomic mass is 16.7. The molecule has 0 spiro atoms. The molecule has 3 saturated heterocycles. The van der Waals surface area contributed by atoms with E-state index in [1.54, 1.807) is 0 Å². The van der Waals surface area contributed by atoms with E-state index in [1.807, 2.05) is 20.8 Å². The number of amides is 2. The second kappa shape index (κ2) is 5.61. The molecule has 0 atom stereocenters. The Balaban J connectivity index is 1.45. The predicted molar refractivity (Wildman–Crippen MR) is 78.7 cm³/mol. The molecule has 4 fully saturated rings.